The summed E-state index contributed by atoms with van der Waals surface area (Å²) in [4.78, 5) is 0. The van der Waals surface area contributed by atoms with E-state index in [9.17, 15) is 0 Å². The van der Waals surface area contributed by atoms with Crippen LogP contribution in [0, 0.1) is 0 Å². The molecule has 0 N–H and O–H groups in total. The van der Waals surface area contributed by atoms with Crippen LogP contribution < -0.4 is 0 Å². The zero-order valence-corrected chi connectivity index (χ0v) is 6.81. The van der Waals surface area contributed by atoms with Crippen LogP contribution in [0.4, 0.5) is 0 Å². The molecule has 0 aliphatic carbocycles. The first kappa shape index (κ1) is 7.17. The van der Waals surface area contributed by atoms with Gasteiger partial charge in [-0.15, -0.1) is 0 Å². The van der Waals surface area contributed by atoms with Gasteiger partial charge in [-0.2, -0.15) is 0 Å². The molecule has 0 amide bonds. The average molecular weight is 183 g/mol. The first-order valence-electron chi connectivity index (χ1n) is 3.35. The fourth-order valence-corrected chi connectivity index (χ4v) is 2.06. The van der Waals surface area contributed by atoms with Crippen LogP contribution in [0.5, 0.6) is 0 Å². The van der Waals surface area contributed by atoms with E-state index in [1.807, 2.05) is 0 Å². The van der Waals surface area contributed by atoms with Crippen molar-refractivity contribution in [2.45, 2.75) is 36.2 Å². The Morgan fingerprint density at radius 3 is 1.70 bits per heavy atom. The Labute approximate surface area is 69.4 Å². The third-order valence-electron chi connectivity index (χ3n) is 1.89. The standard InChI is InChI=1S/C6H8Cl2O2/c7-5-1-3-4(10-5)2-6(8)9-3/h3-6H,1-2H2/t3-,4-,5-,6+/m1/s1. The smallest absolute Gasteiger partial charge is 0.134 e. The predicted molar refractivity (Wildman–Crippen MR) is 38.3 cm³/mol. The third kappa shape index (κ3) is 1.14. The fourth-order valence-electron chi connectivity index (χ4n) is 1.45. The molecule has 0 aromatic rings. The number of fused-ring (bicyclic) bond motifs is 1. The summed E-state index contributed by atoms with van der Waals surface area (Å²) in [5.41, 5.74) is -0.335. The number of alkyl halides is 2. The van der Waals surface area contributed by atoms with Gasteiger partial charge in [0.1, 0.15) is 11.1 Å². The molecule has 2 fully saturated rings. The molecule has 2 aliphatic rings. The molecule has 4 heteroatoms. The second-order valence-corrected chi connectivity index (χ2v) is 3.61. The van der Waals surface area contributed by atoms with Gasteiger partial charge in [-0.1, -0.05) is 23.2 Å². The minimum Gasteiger partial charge on any atom is -0.356 e. The third-order valence-corrected chi connectivity index (χ3v) is 2.46. The van der Waals surface area contributed by atoms with E-state index in [0.717, 1.165) is 12.8 Å². The predicted octanol–water partition coefficient (Wildman–Crippen LogP) is 1.69. The summed E-state index contributed by atoms with van der Waals surface area (Å²) in [5.74, 6) is 0. The molecule has 58 valence electrons. The largest absolute Gasteiger partial charge is 0.356 e. The van der Waals surface area contributed by atoms with E-state index in [1.165, 1.54) is 0 Å². The van der Waals surface area contributed by atoms with Gasteiger partial charge in [0.25, 0.3) is 0 Å². The molecule has 0 aromatic carbocycles. The molecule has 2 saturated heterocycles. The first-order valence-corrected chi connectivity index (χ1v) is 4.22. The Kier molecular flexibility index (Phi) is 1.81. The highest BCUT2D eigenvalue weighted by Crippen LogP contribution is 2.36. The average Bonchev–Trinajstić information content (AvgIpc) is 2.21. The van der Waals surface area contributed by atoms with Crippen molar-refractivity contribution in [2.75, 3.05) is 0 Å². The summed E-state index contributed by atoms with van der Waals surface area (Å²) >= 11 is 11.4. The van der Waals surface area contributed by atoms with Crippen molar-refractivity contribution in [3.05, 3.63) is 0 Å². The summed E-state index contributed by atoms with van der Waals surface area (Å²) in [6.45, 7) is 0. The minimum absolute atomic E-state index is 0.144. The maximum absolute atomic E-state index is 5.72. The van der Waals surface area contributed by atoms with Crippen molar-refractivity contribution in [1.82, 2.24) is 0 Å². The maximum atomic E-state index is 5.72. The highest BCUT2D eigenvalue weighted by molar-refractivity contribution is 6.20. The maximum Gasteiger partial charge on any atom is 0.134 e. The van der Waals surface area contributed by atoms with Crippen LogP contribution in [0.1, 0.15) is 12.8 Å². The molecule has 0 radical (unpaired) electrons. The molecule has 0 aromatic heterocycles. The van der Waals surface area contributed by atoms with E-state index in [1.54, 1.807) is 0 Å². The van der Waals surface area contributed by atoms with Crippen LogP contribution in [-0.2, 0) is 9.47 Å². The highest BCUT2D eigenvalue weighted by Gasteiger charge is 2.42. The van der Waals surface area contributed by atoms with Crippen LogP contribution in [-0.4, -0.2) is 23.3 Å². The van der Waals surface area contributed by atoms with E-state index >= 15 is 0 Å². The van der Waals surface area contributed by atoms with E-state index in [2.05, 4.69) is 0 Å². The lowest BCUT2D eigenvalue weighted by Gasteiger charge is -2.03. The van der Waals surface area contributed by atoms with Gasteiger partial charge in [0.05, 0.1) is 12.2 Å². The van der Waals surface area contributed by atoms with Gasteiger partial charge < -0.3 is 9.47 Å². The van der Waals surface area contributed by atoms with Gasteiger partial charge in [0.15, 0.2) is 0 Å². The summed E-state index contributed by atoms with van der Waals surface area (Å²) < 4.78 is 10.6. The second kappa shape index (κ2) is 2.52. The van der Waals surface area contributed by atoms with E-state index in [4.69, 9.17) is 32.7 Å². The molecule has 2 aliphatic heterocycles. The van der Waals surface area contributed by atoms with Gasteiger partial charge >= 0.3 is 0 Å². The van der Waals surface area contributed by atoms with Crippen molar-refractivity contribution in [1.29, 1.82) is 0 Å². The second-order valence-electron chi connectivity index (χ2n) is 2.64. The zero-order chi connectivity index (χ0) is 7.14. The van der Waals surface area contributed by atoms with Crippen molar-refractivity contribution in [3.8, 4) is 0 Å². The molecule has 2 nitrogen and oxygen atoms in total. The van der Waals surface area contributed by atoms with Crippen LogP contribution >= 0.6 is 23.2 Å². The lowest BCUT2D eigenvalue weighted by Crippen LogP contribution is -2.13. The molecule has 0 unspecified atom stereocenters. The zero-order valence-electron chi connectivity index (χ0n) is 5.30. The van der Waals surface area contributed by atoms with Crippen LogP contribution in [0.15, 0.2) is 0 Å². The Morgan fingerprint density at radius 1 is 0.900 bits per heavy atom. The van der Waals surface area contributed by atoms with Crippen molar-refractivity contribution < 1.29 is 9.47 Å². The molecular formula is C6H8Cl2O2. The molecular weight excluding hydrogens is 175 g/mol. The van der Waals surface area contributed by atoms with Crippen molar-refractivity contribution >= 4 is 23.2 Å². The van der Waals surface area contributed by atoms with Gasteiger partial charge in [0, 0.05) is 12.8 Å². The van der Waals surface area contributed by atoms with E-state index in [0.29, 0.717) is 0 Å². The number of ether oxygens (including phenoxy) is 2. The SMILES string of the molecule is Cl[C@@H]1C[C@H]2O[C@@H](Cl)C[C@H]2O1. The van der Waals surface area contributed by atoms with E-state index in [-0.39, 0.29) is 23.3 Å². The number of hydrogen-bond acceptors (Lipinski definition) is 2. The summed E-state index contributed by atoms with van der Waals surface area (Å²) in [5, 5.41) is 0. The van der Waals surface area contributed by atoms with Gasteiger partial charge in [-0.3, -0.25) is 0 Å². The minimum atomic E-state index is -0.167. The monoisotopic (exact) mass is 182 g/mol. The van der Waals surface area contributed by atoms with Gasteiger partial charge in [-0.05, 0) is 0 Å². The lowest BCUT2D eigenvalue weighted by molar-refractivity contribution is 0.0601. The first-order chi connectivity index (χ1) is 4.75. The summed E-state index contributed by atoms with van der Waals surface area (Å²) in [6, 6.07) is 0. The number of halogens is 2. The molecule has 2 heterocycles. The quantitative estimate of drug-likeness (QED) is 0.532. The number of hydrogen-bond donors (Lipinski definition) is 0. The molecule has 0 saturated carbocycles. The Balaban J connectivity index is 2.00. The number of rotatable bonds is 0. The summed E-state index contributed by atoms with van der Waals surface area (Å²) in [6.07, 6.45) is 1.83. The normalized spacial score (nSPS) is 53.4. The van der Waals surface area contributed by atoms with Gasteiger partial charge in [-0.25, -0.2) is 0 Å². The molecule has 2 rings (SSSR count). The Hall–Kier alpha value is 0.500. The molecule has 0 bridgehead atoms. The van der Waals surface area contributed by atoms with Crippen LogP contribution in [0.2, 0.25) is 0 Å². The fraction of sp³-hybridized carbons (Fsp3) is 1.00. The molecule has 10 heavy (non-hydrogen) atoms. The Morgan fingerprint density at radius 2 is 1.30 bits per heavy atom. The summed E-state index contributed by atoms with van der Waals surface area (Å²) in [7, 11) is 0. The lowest BCUT2D eigenvalue weighted by atomic mass is 10.2. The van der Waals surface area contributed by atoms with Crippen molar-refractivity contribution in [3.63, 3.8) is 0 Å². The Bertz CT molecular complexity index is 114. The van der Waals surface area contributed by atoms with Gasteiger partial charge in [0.2, 0.25) is 0 Å². The van der Waals surface area contributed by atoms with Crippen LogP contribution in [0.25, 0.3) is 0 Å². The topological polar surface area (TPSA) is 18.5 Å². The highest BCUT2D eigenvalue weighted by atomic mass is 35.5. The molecule has 0 spiro atoms. The molecule has 4 atom stereocenters. The van der Waals surface area contributed by atoms with E-state index < -0.39 is 0 Å². The van der Waals surface area contributed by atoms with Crippen LogP contribution in [0.3, 0.4) is 0 Å². The van der Waals surface area contributed by atoms with Crippen molar-refractivity contribution in [2.24, 2.45) is 0 Å².